The number of benzene rings is 1. The fourth-order valence-corrected chi connectivity index (χ4v) is 3.65. The van der Waals surface area contributed by atoms with Crippen LogP contribution in [0.25, 0.3) is 22.4 Å². The van der Waals surface area contributed by atoms with Crippen LogP contribution in [0.1, 0.15) is 28.1 Å². The lowest BCUT2D eigenvalue weighted by Crippen LogP contribution is -2.31. The van der Waals surface area contributed by atoms with Gasteiger partial charge in [0.25, 0.3) is 0 Å². The molecule has 0 aliphatic carbocycles. The van der Waals surface area contributed by atoms with Crippen molar-refractivity contribution in [3.8, 4) is 22.4 Å². The van der Waals surface area contributed by atoms with Gasteiger partial charge in [0.15, 0.2) is 6.20 Å². The van der Waals surface area contributed by atoms with Crippen molar-refractivity contribution in [3.05, 3.63) is 70.7 Å². The normalized spacial score (nSPS) is 10.9. The number of hydrogen-bond acceptors (Lipinski definition) is 1. The number of hydrogen-bond donors (Lipinski definition) is 0. The first-order chi connectivity index (χ1) is 11.4. The van der Waals surface area contributed by atoms with Gasteiger partial charge in [0, 0.05) is 17.8 Å². The third kappa shape index (κ3) is 2.84. The van der Waals surface area contributed by atoms with Crippen molar-refractivity contribution in [2.45, 2.75) is 34.6 Å². The van der Waals surface area contributed by atoms with Crippen LogP contribution in [-0.4, -0.2) is 4.98 Å². The number of aromatic nitrogens is 2. The topological polar surface area (TPSA) is 16.8 Å². The van der Waals surface area contributed by atoms with E-state index in [9.17, 15) is 0 Å². The highest BCUT2D eigenvalue weighted by molar-refractivity contribution is 5.75. The molecule has 0 radical (unpaired) electrons. The molecule has 1 aromatic carbocycles. The summed E-state index contributed by atoms with van der Waals surface area (Å²) in [6, 6.07) is 13.1. The molecule has 2 heteroatoms. The summed E-state index contributed by atoms with van der Waals surface area (Å²) in [5.41, 5.74) is 11.1. The fraction of sp³-hybridized carbons (Fsp3) is 0.273. The Morgan fingerprint density at radius 3 is 2.08 bits per heavy atom. The first-order valence-corrected chi connectivity index (χ1v) is 8.40. The van der Waals surface area contributed by atoms with Crippen molar-refractivity contribution in [2.75, 3.05) is 0 Å². The Bertz CT molecular complexity index is 880. The van der Waals surface area contributed by atoms with Crippen LogP contribution in [-0.2, 0) is 7.05 Å². The summed E-state index contributed by atoms with van der Waals surface area (Å²) in [6.07, 6.45) is 2.15. The highest BCUT2D eigenvalue weighted by atomic mass is 14.9. The van der Waals surface area contributed by atoms with Gasteiger partial charge in [0.2, 0.25) is 5.69 Å². The quantitative estimate of drug-likeness (QED) is 0.621. The minimum Gasteiger partial charge on any atom is -0.258 e. The lowest BCUT2D eigenvalue weighted by molar-refractivity contribution is -0.660. The summed E-state index contributed by atoms with van der Waals surface area (Å²) >= 11 is 0. The van der Waals surface area contributed by atoms with Gasteiger partial charge in [-0.25, -0.2) is 4.57 Å². The highest BCUT2D eigenvalue weighted by Crippen LogP contribution is 2.31. The largest absolute Gasteiger partial charge is 0.258 e. The Morgan fingerprint density at radius 2 is 1.46 bits per heavy atom. The number of pyridine rings is 2. The number of aryl methyl sites for hydroxylation is 6. The maximum absolute atomic E-state index is 4.68. The molecule has 2 aromatic heterocycles. The molecule has 0 saturated carbocycles. The van der Waals surface area contributed by atoms with Gasteiger partial charge in [-0.05, 0) is 68.5 Å². The number of rotatable bonds is 2. The second-order valence-electron chi connectivity index (χ2n) is 6.72. The summed E-state index contributed by atoms with van der Waals surface area (Å²) in [5.74, 6) is 0. The Labute approximate surface area is 144 Å². The molecule has 0 unspecified atom stereocenters. The zero-order valence-electron chi connectivity index (χ0n) is 15.4. The zero-order chi connectivity index (χ0) is 17.4. The van der Waals surface area contributed by atoms with E-state index >= 15 is 0 Å². The van der Waals surface area contributed by atoms with Crippen LogP contribution < -0.4 is 4.57 Å². The first kappa shape index (κ1) is 16.4. The van der Waals surface area contributed by atoms with E-state index in [0.29, 0.717) is 0 Å². The van der Waals surface area contributed by atoms with Gasteiger partial charge in [0.05, 0.1) is 11.3 Å². The second kappa shape index (κ2) is 6.20. The maximum Gasteiger partial charge on any atom is 0.214 e. The van der Waals surface area contributed by atoms with E-state index in [0.717, 1.165) is 11.4 Å². The maximum atomic E-state index is 4.68. The summed E-state index contributed by atoms with van der Waals surface area (Å²) in [4.78, 5) is 4.68. The summed E-state index contributed by atoms with van der Waals surface area (Å²) in [5, 5.41) is 0. The fourth-order valence-electron chi connectivity index (χ4n) is 3.65. The Morgan fingerprint density at radius 1 is 0.792 bits per heavy atom. The zero-order valence-corrected chi connectivity index (χ0v) is 15.4. The monoisotopic (exact) mass is 317 g/mol. The van der Waals surface area contributed by atoms with Crippen LogP contribution in [0.3, 0.4) is 0 Å². The summed E-state index contributed by atoms with van der Waals surface area (Å²) < 4.78 is 2.18. The molecule has 2 heterocycles. The SMILES string of the molecule is Cc1cc(C)c(-c2cc(-c3c(C)cccc3C)cc[n+]2C)c(C)n1. The van der Waals surface area contributed by atoms with Gasteiger partial charge in [-0.1, -0.05) is 18.2 Å². The molecule has 0 amide bonds. The van der Waals surface area contributed by atoms with Gasteiger partial charge >= 0.3 is 0 Å². The van der Waals surface area contributed by atoms with Gasteiger partial charge in [-0.15, -0.1) is 0 Å². The standard InChI is InChI=1S/C22H25N2/c1-14-8-7-9-15(2)21(14)19-10-11-24(6)20(13-19)22-16(3)12-17(4)23-18(22)5/h7-13H,1-6H3/q+1. The van der Waals surface area contributed by atoms with Crippen molar-refractivity contribution in [1.82, 2.24) is 4.98 Å². The van der Waals surface area contributed by atoms with Gasteiger partial charge < -0.3 is 0 Å². The average molecular weight is 317 g/mol. The van der Waals surface area contributed by atoms with Gasteiger partial charge in [-0.2, -0.15) is 0 Å². The van der Waals surface area contributed by atoms with Crippen LogP contribution in [0.5, 0.6) is 0 Å². The van der Waals surface area contributed by atoms with Crippen molar-refractivity contribution in [1.29, 1.82) is 0 Å². The van der Waals surface area contributed by atoms with Crippen LogP contribution in [0, 0.1) is 34.6 Å². The minimum absolute atomic E-state index is 1.07. The van der Waals surface area contributed by atoms with E-state index in [1.807, 2.05) is 0 Å². The predicted octanol–water partition coefficient (Wildman–Crippen LogP) is 4.78. The molecule has 2 nitrogen and oxygen atoms in total. The summed E-state index contributed by atoms with van der Waals surface area (Å²) in [7, 11) is 2.10. The average Bonchev–Trinajstić information content (AvgIpc) is 2.49. The molecule has 0 atom stereocenters. The molecule has 0 spiro atoms. The van der Waals surface area contributed by atoms with E-state index in [1.54, 1.807) is 0 Å². The molecular weight excluding hydrogens is 292 g/mol. The van der Waals surface area contributed by atoms with E-state index in [2.05, 4.69) is 93.8 Å². The lowest BCUT2D eigenvalue weighted by atomic mass is 9.94. The second-order valence-corrected chi connectivity index (χ2v) is 6.72. The molecule has 0 aliphatic rings. The van der Waals surface area contributed by atoms with Crippen LogP contribution in [0.4, 0.5) is 0 Å². The molecule has 3 aromatic rings. The van der Waals surface area contributed by atoms with Crippen molar-refractivity contribution in [3.63, 3.8) is 0 Å². The molecule has 0 fully saturated rings. The predicted molar refractivity (Wildman–Crippen MR) is 100.0 cm³/mol. The third-order valence-electron chi connectivity index (χ3n) is 4.70. The Balaban J connectivity index is 2.26. The molecule has 0 bridgehead atoms. The number of nitrogens with zero attached hydrogens (tertiary/aromatic N) is 2. The Kier molecular flexibility index (Phi) is 4.23. The Hall–Kier alpha value is -2.48. The van der Waals surface area contributed by atoms with E-state index in [1.165, 1.54) is 39.1 Å². The van der Waals surface area contributed by atoms with Crippen molar-refractivity contribution < 1.29 is 4.57 Å². The highest BCUT2D eigenvalue weighted by Gasteiger charge is 2.18. The van der Waals surface area contributed by atoms with Crippen LogP contribution in [0.2, 0.25) is 0 Å². The molecule has 3 rings (SSSR count). The third-order valence-corrected chi connectivity index (χ3v) is 4.70. The summed E-state index contributed by atoms with van der Waals surface area (Å²) in [6.45, 7) is 10.7. The lowest BCUT2D eigenvalue weighted by Gasteiger charge is -2.13. The van der Waals surface area contributed by atoms with Crippen LogP contribution >= 0.6 is 0 Å². The molecular formula is C22H25N2+. The molecule has 0 saturated heterocycles. The first-order valence-electron chi connectivity index (χ1n) is 8.40. The van der Waals surface area contributed by atoms with Gasteiger partial charge in [-0.3, -0.25) is 4.98 Å². The molecule has 122 valence electrons. The van der Waals surface area contributed by atoms with Crippen molar-refractivity contribution >= 4 is 0 Å². The van der Waals surface area contributed by atoms with Crippen molar-refractivity contribution in [2.24, 2.45) is 7.05 Å². The molecule has 24 heavy (non-hydrogen) atoms. The molecule has 0 aliphatic heterocycles. The van der Waals surface area contributed by atoms with E-state index in [4.69, 9.17) is 0 Å². The smallest absolute Gasteiger partial charge is 0.214 e. The van der Waals surface area contributed by atoms with Crippen LogP contribution in [0.15, 0.2) is 42.6 Å². The van der Waals surface area contributed by atoms with Gasteiger partial charge in [0.1, 0.15) is 7.05 Å². The minimum atomic E-state index is 1.07. The molecule has 0 N–H and O–H groups in total. The van der Waals surface area contributed by atoms with E-state index < -0.39 is 0 Å². The van der Waals surface area contributed by atoms with E-state index in [-0.39, 0.29) is 0 Å².